The Morgan fingerprint density at radius 3 is 2.51 bits per heavy atom. The molecule has 2 atom stereocenters. The van der Waals surface area contributed by atoms with Crippen molar-refractivity contribution in [2.75, 3.05) is 17.7 Å². The number of hydrogen-bond donors (Lipinski definition) is 4. The minimum Gasteiger partial charge on any atom is -0.490 e. The molecule has 2 aliphatic heterocycles. The molecule has 39 heavy (non-hydrogen) atoms. The minimum absolute atomic E-state index is 0.129. The molecule has 5 rings (SSSR count). The van der Waals surface area contributed by atoms with Crippen molar-refractivity contribution >= 4 is 40.8 Å². The number of fused-ring (bicyclic) bond motifs is 2. The number of nitrogens with zero attached hydrogens (tertiary/aromatic N) is 2. The predicted octanol–water partition coefficient (Wildman–Crippen LogP) is 4.43. The summed E-state index contributed by atoms with van der Waals surface area (Å²) < 4.78 is 5.20. The monoisotopic (exact) mass is 526 g/mol. The Bertz CT molecular complexity index is 1600. The first-order chi connectivity index (χ1) is 18.6. The lowest BCUT2D eigenvalue weighted by atomic mass is 9.96. The number of aliphatic imine (C=N–C) groups is 1. The van der Waals surface area contributed by atoms with Gasteiger partial charge in [-0.05, 0) is 67.4 Å². The number of carbonyl (C=O) groups is 2. The number of nitro benzene ring substituents is 1. The molecule has 2 unspecified atom stereocenters. The van der Waals surface area contributed by atoms with E-state index < -0.39 is 22.4 Å². The summed E-state index contributed by atoms with van der Waals surface area (Å²) in [5, 5.41) is 20.9. The van der Waals surface area contributed by atoms with Gasteiger partial charge in [0.25, 0.3) is 5.91 Å². The van der Waals surface area contributed by atoms with Crippen LogP contribution in [0.1, 0.15) is 29.8 Å². The second-order valence-electron chi connectivity index (χ2n) is 9.47. The van der Waals surface area contributed by atoms with Crippen LogP contribution >= 0.6 is 0 Å². The molecular weight excluding hydrogens is 500 g/mol. The van der Waals surface area contributed by atoms with Crippen LogP contribution in [-0.4, -0.2) is 30.1 Å². The molecule has 0 saturated heterocycles. The van der Waals surface area contributed by atoms with Crippen molar-refractivity contribution in [3.05, 3.63) is 87.6 Å². The van der Waals surface area contributed by atoms with E-state index in [1.54, 1.807) is 43.5 Å². The molecule has 11 nitrogen and oxygen atoms in total. The largest absolute Gasteiger partial charge is 0.490 e. The van der Waals surface area contributed by atoms with Crippen LogP contribution < -0.4 is 26.4 Å². The number of amides is 2. The van der Waals surface area contributed by atoms with Gasteiger partial charge in [0.15, 0.2) is 11.4 Å². The molecule has 2 amide bonds. The van der Waals surface area contributed by atoms with Crippen LogP contribution in [-0.2, 0) is 10.5 Å². The van der Waals surface area contributed by atoms with Crippen molar-refractivity contribution in [3.63, 3.8) is 0 Å². The van der Waals surface area contributed by atoms with Gasteiger partial charge in [-0.1, -0.05) is 12.1 Å². The van der Waals surface area contributed by atoms with E-state index in [2.05, 4.69) is 20.9 Å². The Kier molecular flexibility index (Phi) is 6.27. The Labute approximate surface area is 223 Å². The number of carbonyl (C=O) groups excluding carboxylic acids is 2. The fourth-order valence-electron chi connectivity index (χ4n) is 4.60. The van der Waals surface area contributed by atoms with Crippen molar-refractivity contribution in [3.8, 4) is 16.9 Å². The lowest BCUT2D eigenvalue weighted by Crippen LogP contribution is -2.43. The third-order valence-electron chi connectivity index (χ3n) is 6.94. The topological polar surface area (TPSA) is 161 Å². The smallest absolute Gasteiger partial charge is 0.310 e. The van der Waals surface area contributed by atoms with E-state index in [0.29, 0.717) is 33.9 Å². The van der Waals surface area contributed by atoms with Gasteiger partial charge in [0.2, 0.25) is 5.91 Å². The Morgan fingerprint density at radius 2 is 1.79 bits per heavy atom. The summed E-state index contributed by atoms with van der Waals surface area (Å²) in [7, 11) is 1.38. The normalized spacial score (nSPS) is 18.2. The van der Waals surface area contributed by atoms with Crippen molar-refractivity contribution in [1.82, 2.24) is 5.32 Å². The van der Waals surface area contributed by atoms with E-state index in [4.69, 9.17) is 10.5 Å². The highest BCUT2D eigenvalue weighted by Crippen LogP contribution is 2.39. The lowest BCUT2D eigenvalue weighted by molar-refractivity contribution is -0.385. The molecule has 0 aliphatic carbocycles. The van der Waals surface area contributed by atoms with Gasteiger partial charge in [0.05, 0.1) is 40.6 Å². The van der Waals surface area contributed by atoms with E-state index in [-0.39, 0.29) is 17.3 Å². The fourth-order valence-corrected chi connectivity index (χ4v) is 4.60. The number of ether oxygens (including phenoxy) is 1. The SMILES string of the molecule is COc1cc(-c2ccc3c(c2)Nc2ccc(C4(C)N=CC=C(C(C)C(N)=O)N4)cc2NC3=O)ccc1[N+](=O)[O-]. The summed E-state index contributed by atoms with van der Waals surface area (Å²) in [6.45, 7) is 3.59. The van der Waals surface area contributed by atoms with E-state index in [9.17, 15) is 19.7 Å². The maximum atomic E-state index is 13.2. The molecule has 0 saturated carbocycles. The molecule has 0 aromatic heterocycles. The zero-order chi connectivity index (χ0) is 27.9. The number of primary amides is 1. The summed E-state index contributed by atoms with van der Waals surface area (Å²) >= 11 is 0. The third kappa shape index (κ3) is 4.65. The molecule has 5 N–H and O–H groups in total. The molecule has 11 heteroatoms. The van der Waals surface area contributed by atoms with Crippen molar-refractivity contribution in [1.29, 1.82) is 0 Å². The highest BCUT2D eigenvalue weighted by molar-refractivity contribution is 6.12. The number of hydrogen-bond acceptors (Lipinski definition) is 8. The van der Waals surface area contributed by atoms with E-state index in [1.165, 1.54) is 13.2 Å². The number of benzene rings is 3. The second-order valence-corrected chi connectivity index (χ2v) is 9.47. The minimum atomic E-state index is -0.880. The average Bonchev–Trinajstić information content (AvgIpc) is 3.06. The Morgan fingerprint density at radius 1 is 1.05 bits per heavy atom. The first kappa shape index (κ1) is 25.5. The number of anilines is 3. The number of rotatable bonds is 6. The predicted molar refractivity (Wildman–Crippen MR) is 148 cm³/mol. The van der Waals surface area contributed by atoms with Crippen LogP contribution in [0.3, 0.4) is 0 Å². The fraction of sp³-hybridized carbons (Fsp3) is 0.179. The van der Waals surface area contributed by atoms with Crippen LogP contribution in [0.15, 0.2) is 71.4 Å². The van der Waals surface area contributed by atoms with Gasteiger partial charge in [-0.3, -0.25) is 24.7 Å². The summed E-state index contributed by atoms with van der Waals surface area (Å²) in [4.78, 5) is 40.2. The quantitative estimate of drug-likeness (QED) is 0.273. The highest BCUT2D eigenvalue weighted by Gasteiger charge is 2.32. The summed E-state index contributed by atoms with van der Waals surface area (Å²) in [5.74, 6) is -1.12. The number of nitrogens with two attached hydrogens (primary N) is 1. The molecule has 2 aliphatic rings. The molecule has 0 bridgehead atoms. The van der Waals surface area contributed by atoms with Gasteiger partial charge in [-0.15, -0.1) is 0 Å². The molecular formula is C28H26N6O5. The van der Waals surface area contributed by atoms with Gasteiger partial charge in [0.1, 0.15) is 0 Å². The molecule has 3 aromatic rings. The zero-order valence-electron chi connectivity index (χ0n) is 21.4. The first-order valence-electron chi connectivity index (χ1n) is 12.1. The molecule has 3 aromatic carbocycles. The highest BCUT2D eigenvalue weighted by atomic mass is 16.6. The third-order valence-corrected chi connectivity index (χ3v) is 6.94. The van der Waals surface area contributed by atoms with Gasteiger partial charge in [-0.2, -0.15) is 0 Å². The van der Waals surface area contributed by atoms with Crippen LogP contribution in [0.5, 0.6) is 5.75 Å². The number of methoxy groups -OCH3 is 1. The number of nitrogens with one attached hydrogen (secondary N) is 3. The lowest BCUT2D eigenvalue weighted by Gasteiger charge is -2.33. The zero-order valence-corrected chi connectivity index (χ0v) is 21.4. The number of allylic oxidation sites excluding steroid dienone is 1. The van der Waals surface area contributed by atoms with Gasteiger partial charge >= 0.3 is 5.69 Å². The van der Waals surface area contributed by atoms with E-state index >= 15 is 0 Å². The van der Waals surface area contributed by atoms with Crippen LogP contribution in [0.25, 0.3) is 11.1 Å². The maximum absolute atomic E-state index is 13.2. The first-order valence-corrected chi connectivity index (χ1v) is 12.1. The van der Waals surface area contributed by atoms with Crippen LogP contribution in [0.4, 0.5) is 22.7 Å². The Hall–Kier alpha value is -5.19. The molecule has 2 heterocycles. The summed E-state index contributed by atoms with van der Waals surface area (Å²) in [6.07, 6.45) is 3.36. The molecule has 0 fully saturated rings. The molecule has 198 valence electrons. The number of nitro groups is 1. The average molecular weight is 527 g/mol. The van der Waals surface area contributed by atoms with Crippen LogP contribution in [0, 0.1) is 16.0 Å². The molecule has 0 spiro atoms. The Balaban J connectivity index is 1.47. The molecule has 0 radical (unpaired) electrons. The van der Waals surface area contributed by atoms with Crippen LogP contribution in [0.2, 0.25) is 0 Å². The van der Waals surface area contributed by atoms with E-state index in [1.807, 2.05) is 31.2 Å². The second kappa shape index (κ2) is 9.60. The maximum Gasteiger partial charge on any atom is 0.310 e. The summed E-state index contributed by atoms with van der Waals surface area (Å²) in [5.41, 5.74) is 9.60. The van der Waals surface area contributed by atoms with Crippen molar-refractivity contribution in [2.24, 2.45) is 16.6 Å². The standard InChI is InChI=1S/C28H26N6O5/c1-15(26(29)35)20-10-11-30-28(2,33-20)18-6-8-21-23(14-18)32-27(36)19-7-4-16(12-22(19)31-21)17-5-9-24(34(37)38)25(13-17)39-3/h4-15,31,33H,1-3H3,(H2,29,35)(H,32,36). The summed E-state index contributed by atoms with van der Waals surface area (Å²) in [6, 6.07) is 15.5. The van der Waals surface area contributed by atoms with Gasteiger partial charge in [-0.25, -0.2) is 0 Å². The van der Waals surface area contributed by atoms with Gasteiger partial charge in [0, 0.05) is 23.5 Å². The van der Waals surface area contributed by atoms with E-state index in [0.717, 1.165) is 11.1 Å². The van der Waals surface area contributed by atoms with Crippen molar-refractivity contribution < 1.29 is 19.2 Å². The van der Waals surface area contributed by atoms with Crippen molar-refractivity contribution in [2.45, 2.75) is 19.5 Å². The van der Waals surface area contributed by atoms with Gasteiger partial charge < -0.3 is 26.4 Å².